The van der Waals surface area contributed by atoms with Gasteiger partial charge in [0.2, 0.25) is 0 Å². The number of nitrogens with zero attached hydrogens (tertiary/aromatic N) is 1. The summed E-state index contributed by atoms with van der Waals surface area (Å²) in [7, 11) is 1.66. The quantitative estimate of drug-likeness (QED) is 0.476. The maximum atomic E-state index is 13.5. The zero-order valence-corrected chi connectivity index (χ0v) is 20.3. The summed E-state index contributed by atoms with van der Waals surface area (Å²) >= 11 is 0. The van der Waals surface area contributed by atoms with Gasteiger partial charge in [0, 0.05) is 17.7 Å². The van der Waals surface area contributed by atoms with Gasteiger partial charge >= 0.3 is 0 Å². The van der Waals surface area contributed by atoms with Crippen LogP contribution in [0.2, 0.25) is 0 Å². The second kappa shape index (κ2) is 9.74. The molecule has 2 aliphatic heterocycles. The molecule has 1 amide bonds. The van der Waals surface area contributed by atoms with Crippen molar-refractivity contribution in [2.75, 3.05) is 19.0 Å². The largest absolute Gasteiger partial charge is 0.496 e. The van der Waals surface area contributed by atoms with Crippen molar-refractivity contribution in [1.82, 2.24) is 4.90 Å². The standard InChI is InChI=1S/C29H30N2O4/c1-19-8-6-9-20(2)27(19)35-18-22-16-21(13-14-26(22)33-3)28-30-25-12-5-4-11-24(25)29(32)31(28)17-23-10-7-15-34-23/h4-9,11-16,23,28,30H,10,17-18H2,1-3H3. The van der Waals surface area contributed by atoms with Crippen molar-refractivity contribution in [1.29, 1.82) is 0 Å². The van der Waals surface area contributed by atoms with E-state index in [2.05, 4.69) is 11.4 Å². The van der Waals surface area contributed by atoms with Gasteiger partial charge in [0.25, 0.3) is 5.91 Å². The van der Waals surface area contributed by atoms with E-state index in [1.165, 1.54) is 0 Å². The highest BCUT2D eigenvalue weighted by Crippen LogP contribution is 2.36. The monoisotopic (exact) mass is 470 g/mol. The van der Waals surface area contributed by atoms with Crippen LogP contribution < -0.4 is 14.8 Å². The predicted molar refractivity (Wildman–Crippen MR) is 136 cm³/mol. The highest BCUT2D eigenvalue weighted by atomic mass is 16.5. The first-order chi connectivity index (χ1) is 17.0. The van der Waals surface area contributed by atoms with Crippen LogP contribution in [-0.4, -0.2) is 30.6 Å². The summed E-state index contributed by atoms with van der Waals surface area (Å²) in [6.07, 6.45) is 4.10. The van der Waals surface area contributed by atoms with Gasteiger partial charge in [0.05, 0.1) is 25.5 Å². The molecule has 0 aromatic heterocycles. The van der Waals surface area contributed by atoms with Crippen molar-refractivity contribution < 1.29 is 19.0 Å². The molecule has 2 heterocycles. The average Bonchev–Trinajstić information content (AvgIpc) is 3.38. The Kier molecular flexibility index (Phi) is 6.36. The Balaban J connectivity index is 1.47. The molecule has 0 aliphatic carbocycles. The first kappa shape index (κ1) is 22.8. The Morgan fingerprint density at radius 3 is 2.60 bits per heavy atom. The molecule has 0 saturated carbocycles. The number of methoxy groups -OCH3 is 1. The molecule has 35 heavy (non-hydrogen) atoms. The lowest BCUT2D eigenvalue weighted by Gasteiger charge is -2.39. The van der Waals surface area contributed by atoms with Gasteiger partial charge in [-0.25, -0.2) is 0 Å². The van der Waals surface area contributed by atoms with Gasteiger partial charge in [-0.1, -0.05) is 36.4 Å². The van der Waals surface area contributed by atoms with E-state index in [0.717, 1.165) is 45.9 Å². The smallest absolute Gasteiger partial charge is 0.257 e. The molecule has 2 unspecified atom stereocenters. The molecule has 0 fully saturated rings. The molecule has 0 radical (unpaired) electrons. The van der Waals surface area contributed by atoms with Gasteiger partial charge in [0.15, 0.2) is 0 Å². The van der Waals surface area contributed by atoms with Crippen LogP contribution in [0.15, 0.2) is 73.0 Å². The van der Waals surface area contributed by atoms with Crippen LogP contribution in [0.1, 0.15) is 45.2 Å². The van der Waals surface area contributed by atoms with Crippen LogP contribution in [0, 0.1) is 13.8 Å². The van der Waals surface area contributed by atoms with Crippen molar-refractivity contribution in [2.45, 2.75) is 39.1 Å². The van der Waals surface area contributed by atoms with E-state index in [1.54, 1.807) is 13.4 Å². The normalized spacial score (nSPS) is 18.6. The molecule has 2 atom stereocenters. The van der Waals surface area contributed by atoms with E-state index >= 15 is 0 Å². The van der Waals surface area contributed by atoms with Crippen molar-refractivity contribution in [3.63, 3.8) is 0 Å². The molecule has 180 valence electrons. The molecule has 0 spiro atoms. The lowest BCUT2D eigenvalue weighted by Crippen LogP contribution is -2.46. The zero-order valence-electron chi connectivity index (χ0n) is 20.3. The molecule has 3 aromatic rings. The van der Waals surface area contributed by atoms with Gasteiger partial charge in [-0.15, -0.1) is 0 Å². The molecule has 3 aromatic carbocycles. The maximum absolute atomic E-state index is 13.5. The molecule has 0 bridgehead atoms. The van der Waals surface area contributed by atoms with E-state index in [0.29, 0.717) is 18.7 Å². The number of carbonyl (C=O) groups excluding carboxylic acids is 1. The van der Waals surface area contributed by atoms with E-state index in [-0.39, 0.29) is 18.2 Å². The first-order valence-electron chi connectivity index (χ1n) is 11.9. The van der Waals surface area contributed by atoms with Gasteiger partial charge in [-0.3, -0.25) is 4.79 Å². The Morgan fingerprint density at radius 1 is 1.06 bits per heavy atom. The summed E-state index contributed by atoms with van der Waals surface area (Å²) in [5.74, 6) is 1.62. The highest BCUT2D eigenvalue weighted by Gasteiger charge is 2.35. The molecule has 1 N–H and O–H groups in total. The third-order valence-electron chi connectivity index (χ3n) is 6.59. The minimum Gasteiger partial charge on any atom is -0.496 e. The number of fused-ring (bicyclic) bond motifs is 1. The number of aryl methyl sites for hydroxylation is 2. The van der Waals surface area contributed by atoms with E-state index in [9.17, 15) is 4.79 Å². The number of benzene rings is 3. The fourth-order valence-corrected chi connectivity index (χ4v) is 4.77. The second-order valence-electron chi connectivity index (χ2n) is 9.00. The van der Waals surface area contributed by atoms with Gasteiger partial charge < -0.3 is 24.4 Å². The molecule has 6 heteroatoms. The Morgan fingerprint density at radius 2 is 1.86 bits per heavy atom. The Bertz CT molecular complexity index is 1240. The van der Waals surface area contributed by atoms with Crippen LogP contribution in [-0.2, 0) is 11.3 Å². The molecule has 0 saturated heterocycles. The summed E-state index contributed by atoms with van der Waals surface area (Å²) in [4.78, 5) is 15.4. The fraction of sp³-hybridized carbons (Fsp3) is 0.276. The lowest BCUT2D eigenvalue weighted by atomic mass is 10.0. The maximum Gasteiger partial charge on any atom is 0.257 e. The number of hydrogen-bond donors (Lipinski definition) is 1. The number of nitrogens with one attached hydrogen (secondary N) is 1. The van der Waals surface area contributed by atoms with Gasteiger partial charge in [-0.2, -0.15) is 0 Å². The zero-order chi connectivity index (χ0) is 24.4. The van der Waals surface area contributed by atoms with Crippen LogP contribution >= 0.6 is 0 Å². The van der Waals surface area contributed by atoms with E-state index in [4.69, 9.17) is 14.2 Å². The number of amides is 1. The number of para-hydroxylation sites is 2. The van der Waals surface area contributed by atoms with Gasteiger partial charge in [-0.05, 0) is 60.9 Å². The molecule has 6 nitrogen and oxygen atoms in total. The van der Waals surface area contributed by atoms with Crippen LogP contribution in [0.25, 0.3) is 0 Å². The first-order valence-corrected chi connectivity index (χ1v) is 11.9. The summed E-state index contributed by atoms with van der Waals surface area (Å²) in [5, 5.41) is 3.57. The molecular weight excluding hydrogens is 440 g/mol. The van der Waals surface area contributed by atoms with Crippen molar-refractivity contribution in [3.8, 4) is 11.5 Å². The molecular formula is C29H30N2O4. The number of anilines is 1. The van der Waals surface area contributed by atoms with Crippen LogP contribution in [0.5, 0.6) is 11.5 Å². The van der Waals surface area contributed by atoms with Crippen molar-refractivity contribution >= 4 is 11.6 Å². The topological polar surface area (TPSA) is 60.0 Å². The minimum atomic E-state index is -0.341. The average molecular weight is 471 g/mol. The fourth-order valence-electron chi connectivity index (χ4n) is 4.77. The third kappa shape index (κ3) is 4.56. The summed E-state index contributed by atoms with van der Waals surface area (Å²) in [5.41, 5.74) is 5.55. The lowest BCUT2D eigenvalue weighted by molar-refractivity contribution is 0.0530. The number of carbonyl (C=O) groups is 1. The van der Waals surface area contributed by atoms with Crippen molar-refractivity contribution in [2.24, 2.45) is 0 Å². The number of ether oxygens (including phenoxy) is 3. The Labute approximate surface area is 206 Å². The highest BCUT2D eigenvalue weighted by molar-refractivity contribution is 6.01. The second-order valence-corrected chi connectivity index (χ2v) is 9.00. The SMILES string of the molecule is COc1ccc(C2Nc3ccccc3C(=O)N2CC2CC=CO2)cc1COc1c(C)cccc1C. The predicted octanol–water partition coefficient (Wildman–Crippen LogP) is 5.76. The summed E-state index contributed by atoms with van der Waals surface area (Å²) in [6, 6.07) is 19.8. The van der Waals surface area contributed by atoms with E-state index in [1.807, 2.05) is 79.4 Å². The van der Waals surface area contributed by atoms with Crippen molar-refractivity contribution in [3.05, 3.63) is 101 Å². The third-order valence-corrected chi connectivity index (χ3v) is 6.59. The van der Waals surface area contributed by atoms with E-state index < -0.39 is 0 Å². The number of hydrogen-bond acceptors (Lipinski definition) is 5. The van der Waals surface area contributed by atoms with Crippen LogP contribution in [0.4, 0.5) is 5.69 Å². The van der Waals surface area contributed by atoms with Gasteiger partial charge in [0.1, 0.15) is 30.4 Å². The summed E-state index contributed by atoms with van der Waals surface area (Å²) < 4.78 is 17.6. The molecule has 2 aliphatic rings. The Hall–Kier alpha value is -3.93. The minimum absolute atomic E-state index is 0.0102. The molecule has 5 rings (SSSR count). The summed E-state index contributed by atoms with van der Waals surface area (Å²) in [6.45, 7) is 4.93. The van der Waals surface area contributed by atoms with Crippen LogP contribution in [0.3, 0.4) is 0 Å². The number of rotatable bonds is 7.